The first kappa shape index (κ1) is 17.8. The maximum atomic E-state index is 14.0. The van der Waals surface area contributed by atoms with Gasteiger partial charge < -0.3 is 15.7 Å². The number of halogens is 1. The molecule has 1 amide bonds. The first-order chi connectivity index (χ1) is 14.0. The SMILES string of the molecule is NC(=O)C1(C2CCN(c3nc(-c4ccccc4O)nc4ccc(F)cc34)C2)CC1. The molecular weight excluding hydrogens is 371 g/mol. The van der Waals surface area contributed by atoms with Gasteiger partial charge in [0, 0.05) is 18.5 Å². The van der Waals surface area contributed by atoms with Crippen molar-refractivity contribution in [3.05, 3.63) is 48.3 Å². The maximum absolute atomic E-state index is 14.0. The van der Waals surface area contributed by atoms with Crippen LogP contribution >= 0.6 is 0 Å². The van der Waals surface area contributed by atoms with Crippen LogP contribution < -0.4 is 10.6 Å². The van der Waals surface area contributed by atoms with E-state index in [4.69, 9.17) is 10.7 Å². The van der Waals surface area contributed by atoms with Crippen LogP contribution in [0.25, 0.3) is 22.3 Å². The zero-order valence-corrected chi connectivity index (χ0v) is 15.8. The highest BCUT2D eigenvalue weighted by atomic mass is 19.1. The highest BCUT2D eigenvalue weighted by molar-refractivity contribution is 5.92. The number of benzene rings is 2. The molecule has 1 saturated heterocycles. The number of amides is 1. The molecule has 2 heterocycles. The van der Waals surface area contributed by atoms with E-state index in [-0.39, 0.29) is 23.4 Å². The summed E-state index contributed by atoms with van der Waals surface area (Å²) in [6.45, 7) is 1.36. The quantitative estimate of drug-likeness (QED) is 0.711. The van der Waals surface area contributed by atoms with Crippen molar-refractivity contribution in [2.45, 2.75) is 19.3 Å². The number of fused-ring (bicyclic) bond motifs is 1. The molecule has 1 atom stereocenters. The fraction of sp³-hybridized carbons (Fsp3) is 0.318. The Kier molecular flexibility index (Phi) is 3.94. The van der Waals surface area contributed by atoms with E-state index in [1.165, 1.54) is 12.1 Å². The summed E-state index contributed by atoms with van der Waals surface area (Å²) in [5, 5.41) is 10.9. The lowest BCUT2D eigenvalue weighted by atomic mass is 9.88. The van der Waals surface area contributed by atoms with E-state index in [0.717, 1.165) is 19.3 Å². The predicted molar refractivity (Wildman–Crippen MR) is 108 cm³/mol. The third-order valence-electron chi connectivity index (χ3n) is 6.33. The van der Waals surface area contributed by atoms with Gasteiger partial charge in [0.25, 0.3) is 0 Å². The first-order valence-corrected chi connectivity index (χ1v) is 9.78. The van der Waals surface area contributed by atoms with Crippen LogP contribution in [0.3, 0.4) is 0 Å². The van der Waals surface area contributed by atoms with Crippen LogP contribution in [0, 0.1) is 17.2 Å². The molecular formula is C22H21FN4O2. The van der Waals surface area contributed by atoms with Gasteiger partial charge in [0.05, 0.1) is 16.5 Å². The number of anilines is 1. The molecule has 1 unspecified atom stereocenters. The lowest BCUT2D eigenvalue weighted by Gasteiger charge is -2.23. The summed E-state index contributed by atoms with van der Waals surface area (Å²) in [5.41, 5.74) is 6.39. The van der Waals surface area contributed by atoms with Crippen molar-refractivity contribution in [1.29, 1.82) is 0 Å². The van der Waals surface area contributed by atoms with Crippen molar-refractivity contribution in [3.8, 4) is 17.1 Å². The number of phenolic OH excluding ortho intramolecular Hbond substituents is 1. The third kappa shape index (κ3) is 2.88. The van der Waals surface area contributed by atoms with Gasteiger partial charge >= 0.3 is 0 Å². The summed E-state index contributed by atoms with van der Waals surface area (Å²) in [6, 6.07) is 11.3. The lowest BCUT2D eigenvalue weighted by molar-refractivity contribution is -0.124. The highest BCUT2D eigenvalue weighted by Crippen LogP contribution is 2.55. The van der Waals surface area contributed by atoms with Gasteiger partial charge in [-0.05, 0) is 55.5 Å². The summed E-state index contributed by atoms with van der Waals surface area (Å²) in [7, 11) is 0. The van der Waals surface area contributed by atoms with E-state index in [1.807, 2.05) is 6.07 Å². The van der Waals surface area contributed by atoms with Crippen molar-refractivity contribution >= 4 is 22.6 Å². The van der Waals surface area contributed by atoms with Crippen LogP contribution in [-0.4, -0.2) is 34.1 Å². The Hall–Kier alpha value is -3.22. The molecule has 2 aliphatic rings. The minimum atomic E-state index is -0.399. The second kappa shape index (κ2) is 6.40. The molecule has 7 heteroatoms. The number of phenols is 1. The number of hydrogen-bond acceptors (Lipinski definition) is 5. The topological polar surface area (TPSA) is 92.3 Å². The molecule has 1 aliphatic carbocycles. The van der Waals surface area contributed by atoms with Gasteiger partial charge in [0.1, 0.15) is 17.4 Å². The first-order valence-electron chi connectivity index (χ1n) is 9.78. The Labute approximate surface area is 167 Å². The van der Waals surface area contributed by atoms with E-state index in [9.17, 15) is 14.3 Å². The molecule has 1 saturated carbocycles. The number of carbonyl (C=O) groups is 1. The highest BCUT2D eigenvalue weighted by Gasteiger charge is 2.55. The van der Waals surface area contributed by atoms with Crippen molar-refractivity contribution in [2.24, 2.45) is 17.1 Å². The minimum Gasteiger partial charge on any atom is -0.507 e. The second-order valence-electron chi connectivity index (χ2n) is 8.00. The molecule has 2 aromatic carbocycles. The molecule has 29 heavy (non-hydrogen) atoms. The molecule has 2 fully saturated rings. The Balaban J connectivity index is 1.60. The summed E-state index contributed by atoms with van der Waals surface area (Å²) in [4.78, 5) is 23.3. The van der Waals surface area contributed by atoms with Gasteiger partial charge in [0.15, 0.2) is 5.82 Å². The Bertz CT molecular complexity index is 1130. The van der Waals surface area contributed by atoms with Crippen LogP contribution in [0.2, 0.25) is 0 Å². The van der Waals surface area contributed by atoms with Gasteiger partial charge in [-0.15, -0.1) is 0 Å². The maximum Gasteiger partial charge on any atom is 0.223 e. The van der Waals surface area contributed by atoms with Gasteiger partial charge in [0.2, 0.25) is 5.91 Å². The minimum absolute atomic E-state index is 0.0878. The fourth-order valence-electron chi connectivity index (χ4n) is 4.50. The number of nitrogens with zero attached hydrogens (tertiary/aromatic N) is 3. The molecule has 1 aromatic heterocycles. The smallest absolute Gasteiger partial charge is 0.223 e. The molecule has 3 N–H and O–H groups in total. The fourth-order valence-corrected chi connectivity index (χ4v) is 4.50. The summed E-state index contributed by atoms with van der Waals surface area (Å²) in [5.74, 6) is 0.686. The monoisotopic (exact) mass is 392 g/mol. The summed E-state index contributed by atoms with van der Waals surface area (Å²) in [6.07, 6.45) is 2.52. The molecule has 1 aliphatic heterocycles. The van der Waals surface area contributed by atoms with Gasteiger partial charge in [-0.2, -0.15) is 0 Å². The Morgan fingerprint density at radius 3 is 2.72 bits per heavy atom. The zero-order valence-electron chi connectivity index (χ0n) is 15.8. The van der Waals surface area contributed by atoms with Gasteiger partial charge in [-0.25, -0.2) is 14.4 Å². The van der Waals surface area contributed by atoms with Crippen LogP contribution in [0.15, 0.2) is 42.5 Å². The van der Waals surface area contributed by atoms with E-state index in [0.29, 0.717) is 41.2 Å². The molecule has 3 aromatic rings. The van der Waals surface area contributed by atoms with E-state index < -0.39 is 5.41 Å². The summed E-state index contributed by atoms with van der Waals surface area (Å²) < 4.78 is 14.0. The lowest BCUT2D eigenvalue weighted by Crippen LogP contribution is -2.33. The molecule has 0 radical (unpaired) electrons. The van der Waals surface area contributed by atoms with Gasteiger partial charge in [-0.1, -0.05) is 12.1 Å². The molecule has 5 rings (SSSR count). The Morgan fingerprint density at radius 2 is 2.00 bits per heavy atom. The standard InChI is InChI=1S/C22H21FN4O2/c23-14-5-6-17-16(11-14)20(26-19(25-17)15-3-1-2-4-18(15)28)27-10-7-13(12-27)22(8-9-22)21(24)29/h1-6,11,13,28H,7-10,12H2,(H2,24,29). The number of aromatic hydroxyl groups is 1. The number of para-hydroxylation sites is 1. The average Bonchev–Trinajstić information content (AvgIpc) is 3.38. The van der Waals surface area contributed by atoms with Crippen molar-refractivity contribution in [1.82, 2.24) is 9.97 Å². The number of aromatic nitrogens is 2. The molecule has 148 valence electrons. The van der Waals surface area contributed by atoms with Crippen molar-refractivity contribution in [2.75, 3.05) is 18.0 Å². The predicted octanol–water partition coefficient (Wildman–Crippen LogP) is 3.23. The second-order valence-corrected chi connectivity index (χ2v) is 8.00. The number of carbonyl (C=O) groups excluding carboxylic acids is 1. The van der Waals surface area contributed by atoms with Crippen LogP contribution in [-0.2, 0) is 4.79 Å². The van der Waals surface area contributed by atoms with Crippen LogP contribution in [0.4, 0.5) is 10.2 Å². The molecule has 6 nitrogen and oxygen atoms in total. The summed E-state index contributed by atoms with van der Waals surface area (Å²) >= 11 is 0. The van der Waals surface area contributed by atoms with E-state index in [2.05, 4.69) is 9.88 Å². The number of nitrogens with two attached hydrogens (primary N) is 1. The van der Waals surface area contributed by atoms with Crippen LogP contribution in [0.1, 0.15) is 19.3 Å². The number of primary amides is 1. The molecule has 0 bridgehead atoms. The van der Waals surface area contributed by atoms with Crippen molar-refractivity contribution in [3.63, 3.8) is 0 Å². The van der Waals surface area contributed by atoms with E-state index >= 15 is 0 Å². The largest absolute Gasteiger partial charge is 0.507 e. The van der Waals surface area contributed by atoms with E-state index in [1.54, 1.807) is 24.3 Å². The number of hydrogen-bond donors (Lipinski definition) is 2. The number of rotatable bonds is 4. The normalized spacial score (nSPS) is 20.2. The zero-order chi connectivity index (χ0) is 20.2. The Morgan fingerprint density at radius 1 is 1.21 bits per heavy atom. The van der Waals surface area contributed by atoms with Crippen LogP contribution in [0.5, 0.6) is 5.75 Å². The van der Waals surface area contributed by atoms with Crippen molar-refractivity contribution < 1.29 is 14.3 Å². The van der Waals surface area contributed by atoms with Gasteiger partial charge in [-0.3, -0.25) is 4.79 Å². The molecule has 0 spiro atoms. The third-order valence-corrected chi connectivity index (χ3v) is 6.33. The average molecular weight is 392 g/mol.